The van der Waals surface area contributed by atoms with Crippen molar-refractivity contribution in [1.82, 2.24) is 4.31 Å². The molecule has 0 bridgehead atoms. The van der Waals surface area contributed by atoms with Gasteiger partial charge in [-0.25, -0.2) is 8.42 Å². The van der Waals surface area contributed by atoms with Crippen LogP contribution in [-0.4, -0.2) is 41.9 Å². The van der Waals surface area contributed by atoms with E-state index in [0.717, 1.165) is 5.75 Å². The number of halogens is 1. The van der Waals surface area contributed by atoms with Gasteiger partial charge in [0.15, 0.2) is 0 Å². The molecule has 0 aromatic heterocycles. The fraction of sp³-hybridized carbons (Fsp3) is 0.500. The van der Waals surface area contributed by atoms with Crippen molar-refractivity contribution in [3.8, 4) is 0 Å². The fourth-order valence-electron chi connectivity index (χ4n) is 2.00. The standard InChI is InChI=1S/C12H16BrNO3S2/c1-9-7-14(4-5-18-9)19(16,17)12-3-2-10(8-15)6-11(12)13/h2-3,6,9,15H,4-5,7-8H2,1H3. The van der Waals surface area contributed by atoms with Crippen molar-refractivity contribution in [3.63, 3.8) is 0 Å². The minimum absolute atomic E-state index is 0.101. The zero-order valence-electron chi connectivity index (χ0n) is 10.5. The molecule has 19 heavy (non-hydrogen) atoms. The van der Waals surface area contributed by atoms with Crippen molar-refractivity contribution in [2.45, 2.75) is 23.7 Å². The molecule has 1 N–H and O–H groups in total. The van der Waals surface area contributed by atoms with Crippen LogP contribution in [0.4, 0.5) is 0 Å². The molecular weight excluding hydrogens is 350 g/mol. The number of aliphatic hydroxyl groups excluding tert-OH is 1. The van der Waals surface area contributed by atoms with Crippen LogP contribution < -0.4 is 0 Å². The molecule has 1 fully saturated rings. The lowest BCUT2D eigenvalue weighted by molar-refractivity contribution is 0.281. The molecule has 0 aliphatic carbocycles. The lowest BCUT2D eigenvalue weighted by atomic mass is 10.2. The predicted octanol–water partition coefficient (Wildman–Crippen LogP) is 2.07. The highest BCUT2D eigenvalue weighted by Crippen LogP contribution is 2.29. The number of sulfonamides is 1. The van der Waals surface area contributed by atoms with Gasteiger partial charge in [-0.15, -0.1) is 0 Å². The average Bonchev–Trinajstić information content (AvgIpc) is 2.38. The van der Waals surface area contributed by atoms with Gasteiger partial charge < -0.3 is 5.11 Å². The molecule has 1 aromatic rings. The van der Waals surface area contributed by atoms with Gasteiger partial charge in [-0.3, -0.25) is 0 Å². The number of rotatable bonds is 3. The summed E-state index contributed by atoms with van der Waals surface area (Å²) in [6, 6.07) is 4.84. The van der Waals surface area contributed by atoms with E-state index in [1.165, 1.54) is 4.31 Å². The summed E-state index contributed by atoms with van der Waals surface area (Å²) in [5.74, 6) is 0.826. The quantitative estimate of drug-likeness (QED) is 0.890. The van der Waals surface area contributed by atoms with Crippen LogP contribution in [-0.2, 0) is 16.6 Å². The first-order valence-electron chi connectivity index (χ1n) is 5.96. The summed E-state index contributed by atoms with van der Waals surface area (Å²) < 4.78 is 27.2. The summed E-state index contributed by atoms with van der Waals surface area (Å²) in [6.07, 6.45) is 0. The Bertz CT molecular complexity index is 562. The highest BCUT2D eigenvalue weighted by Gasteiger charge is 2.30. The second-order valence-electron chi connectivity index (χ2n) is 4.47. The molecule has 4 nitrogen and oxygen atoms in total. The predicted molar refractivity (Wildman–Crippen MR) is 80.7 cm³/mol. The van der Waals surface area contributed by atoms with Gasteiger partial charge in [0, 0.05) is 28.6 Å². The molecule has 0 radical (unpaired) electrons. The van der Waals surface area contributed by atoms with Crippen molar-refractivity contribution >= 4 is 37.7 Å². The zero-order valence-corrected chi connectivity index (χ0v) is 13.8. The zero-order chi connectivity index (χ0) is 14.0. The molecule has 1 aliphatic heterocycles. The van der Waals surface area contributed by atoms with Gasteiger partial charge in [0.2, 0.25) is 10.0 Å². The normalized spacial score (nSPS) is 21.5. The lowest BCUT2D eigenvalue weighted by Gasteiger charge is -2.30. The van der Waals surface area contributed by atoms with Gasteiger partial charge in [0.05, 0.1) is 11.5 Å². The number of hydrogen-bond acceptors (Lipinski definition) is 4. The Morgan fingerprint density at radius 3 is 2.84 bits per heavy atom. The Morgan fingerprint density at radius 2 is 2.26 bits per heavy atom. The van der Waals surface area contributed by atoms with Crippen molar-refractivity contribution < 1.29 is 13.5 Å². The van der Waals surface area contributed by atoms with Crippen LogP contribution in [0.25, 0.3) is 0 Å². The third-order valence-electron chi connectivity index (χ3n) is 3.00. The summed E-state index contributed by atoms with van der Waals surface area (Å²) in [6.45, 7) is 3.03. The molecule has 1 aliphatic rings. The van der Waals surface area contributed by atoms with Gasteiger partial charge in [-0.05, 0) is 33.6 Å². The largest absolute Gasteiger partial charge is 0.392 e. The monoisotopic (exact) mass is 365 g/mol. The van der Waals surface area contributed by atoms with E-state index in [-0.39, 0.29) is 11.5 Å². The molecule has 1 saturated heterocycles. The second-order valence-corrected chi connectivity index (χ2v) is 8.77. The van der Waals surface area contributed by atoms with Crippen molar-refractivity contribution in [3.05, 3.63) is 28.2 Å². The molecule has 1 atom stereocenters. The molecule has 0 saturated carbocycles. The summed E-state index contributed by atoms with van der Waals surface area (Å²) in [5.41, 5.74) is 0.688. The number of hydrogen-bond donors (Lipinski definition) is 1. The van der Waals surface area contributed by atoms with Crippen LogP contribution >= 0.6 is 27.7 Å². The number of benzene rings is 1. The third kappa shape index (κ3) is 3.33. The third-order valence-corrected chi connectivity index (χ3v) is 6.98. The Kier molecular flexibility index (Phi) is 4.94. The van der Waals surface area contributed by atoms with Gasteiger partial charge in [-0.2, -0.15) is 16.1 Å². The van der Waals surface area contributed by atoms with Crippen LogP contribution in [0.5, 0.6) is 0 Å². The van der Waals surface area contributed by atoms with Gasteiger partial charge >= 0.3 is 0 Å². The smallest absolute Gasteiger partial charge is 0.244 e. The molecule has 2 rings (SSSR count). The maximum Gasteiger partial charge on any atom is 0.244 e. The van der Waals surface area contributed by atoms with E-state index < -0.39 is 10.0 Å². The highest BCUT2D eigenvalue weighted by molar-refractivity contribution is 9.10. The average molecular weight is 366 g/mol. The molecule has 106 valence electrons. The van der Waals surface area contributed by atoms with Crippen molar-refractivity contribution in [2.75, 3.05) is 18.8 Å². The first-order valence-corrected chi connectivity index (χ1v) is 9.24. The van der Waals surface area contributed by atoms with Crippen LogP contribution in [0.15, 0.2) is 27.6 Å². The van der Waals surface area contributed by atoms with Gasteiger partial charge in [0.25, 0.3) is 0 Å². The van der Waals surface area contributed by atoms with Crippen molar-refractivity contribution in [1.29, 1.82) is 0 Å². The minimum Gasteiger partial charge on any atom is -0.392 e. The minimum atomic E-state index is -3.46. The second kappa shape index (κ2) is 6.13. The summed E-state index contributed by atoms with van der Waals surface area (Å²) in [4.78, 5) is 0.267. The molecule has 0 amide bonds. The van der Waals surface area contributed by atoms with E-state index in [4.69, 9.17) is 5.11 Å². The maximum absolute atomic E-state index is 12.6. The molecule has 0 spiro atoms. The summed E-state index contributed by atoms with van der Waals surface area (Å²) in [7, 11) is -3.46. The number of aliphatic hydroxyl groups is 1. The topological polar surface area (TPSA) is 57.6 Å². The Hall–Kier alpha value is -0.0800. The van der Waals surface area contributed by atoms with Gasteiger partial charge in [-0.1, -0.05) is 13.0 Å². The van der Waals surface area contributed by atoms with Crippen LogP contribution in [0.1, 0.15) is 12.5 Å². The van der Waals surface area contributed by atoms with Crippen LogP contribution in [0, 0.1) is 0 Å². The lowest BCUT2D eigenvalue weighted by Crippen LogP contribution is -2.41. The Morgan fingerprint density at radius 1 is 1.53 bits per heavy atom. The van der Waals surface area contributed by atoms with Crippen molar-refractivity contribution in [2.24, 2.45) is 0 Å². The van der Waals surface area contributed by atoms with Crippen LogP contribution in [0.3, 0.4) is 0 Å². The number of nitrogens with zero attached hydrogens (tertiary/aromatic N) is 1. The Labute approximate surface area is 126 Å². The summed E-state index contributed by atoms with van der Waals surface area (Å²) in [5, 5.41) is 9.37. The van der Waals surface area contributed by atoms with Crippen LogP contribution in [0.2, 0.25) is 0 Å². The van der Waals surface area contributed by atoms with E-state index in [9.17, 15) is 8.42 Å². The Balaban J connectivity index is 2.33. The van der Waals surface area contributed by atoms with E-state index >= 15 is 0 Å². The number of thioether (sulfide) groups is 1. The van der Waals surface area contributed by atoms with E-state index in [0.29, 0.717) is 28.4 Å². The first-order chi connectivity index (χ1) is 8.95. The molecule has 7 heteroatoms. The van der Waals surface area contributed by atoms with E-state index in [2.05, 4.69) is 15.9 Å². The van der Waals surface area contributed by atoms with E-state index in [1.807, 2.05) is 6.92 Å². The summed E-state index contributed by atoms with van der Waals surface area (Å²) >= 11 is 5.08. The SMILES string of the molecule is CC1CN(S(=O)(=O)c2ccc(CO)cc2Br)CCS1. The molecule has 1 unspecified atom stereocenters. The first kappa shape index (κ1) is 15.3. The molecule has 1 aromatic carbocycles. The highest BCUT2D eigenvalue weighted by atomic mass is 79.9. The molecular formula is C12H16BrNO3S2. The fourth-order valence-corrected chi connectivity index (χ4v) is 5.83. The molecule has 1 heterocycles. The maximum atomic E-state index is 12.6. The van der Waals surface area contributed by atoms with Gasteiger partial charge in [0.1, 0.15) is 0 Å². The van der Waals surface area contributed by atoms with E-state index in [1.54, 1.807) is 30.0 Å².